The summed E-state index contributed by atoms with van der Waals surface area (Å²) < 4.78 is 26.6. The van der Waals surface area contributed by atoms with Crippen molar-refractivity contribution in [2.45, 2.75) is 6.92 Å². The van der Waals surface area contributed by atoms with Crippen molar-refractivity contribution < 1.29 is 18.7 Å². The first-order valence-electron chi connectivity index (χ1n) is 13.0. The number of nitrogen functional groups attached to an aromatic ring is 1. The summed E-state index contributed by atoms with van der Waals surface area (Å²) in [5, 5.41) is 5.30. The minimum Gasteiger partial charge on any atom is -0.454 e. The van der Waals surface area contributed by atoms with Crippen molar-refractivity contribution in [1.82, 2.24) is 19.7 Å². The number of hydrogen-bond donors (Lipinski definition) is 2. The summed E-state index contributed by atoms with van der Waals surface area (Å²) in [6, 6.07) is 19.3. The Bertz CT molecular complexity index is 1750. The van der Waals surface area contributed by atoms with Gasteiger partial charge in [-0.25, -0.2) is 9.07 Å². The Labute approximate surface area is 230 Å². The molecule has 8 nitrogen and oxygen atoms in total. The summed E-state index contributed by atoms with van der Waals surface area (Å²) in [6.45, 7) is 9.11. The largest absolute Gasteiger partial charge is 0.454 e. The number of nitrogens with one attached hydrogen (secondary N) is 1. The number of nitrogens with two attached hydrogens (primary N) is 1. The number of hydrogen-bond acceptors (Lipinski definition) is 6. The molecule has 2 aromatic heterocycles. The van der Waals surface area contributed by atoms with Crippen molar-refractivity contribution in [1.29, 1.82) is 0 Å². The number of anilines is 1. The van der Waals surface area contributed by atoms with Crippen LogP contribution in [0.5, 0.6) is 11.5 Å². The van der Waals surface area contributed by atoms with Crippen LogP contribution in [0.1, 0.15) is 27.2 Å². The minimum absolute atomic E-state index is 0.136. The van der Waals surface area contributed by atoms with Gasteiger partial charge in [-0.3, -0.25) is 4.79 Å². The van der Waals surface area contributed by atoms with E-state index in [2.05, 4.69) is 21.6 Å². The fourth-order valence-electron chi connectivity index (χ4n) is 4.90. The number of morpholine rings is 1. The summed E-state index contributed by atoms with van der Waals surface area (Å²) in [7, 11) is 0. The second-order valence-corrected chi connectivity index (χ2v) is 9.70. The molecule has 9 heteroatoms. The SMILES string of the molecule is C=C(c1ccc2[nH]c(C(=O)c3cnn(-c4ccc(Oc5ccccc5F)cc4C)c3N)cc2c1)N1CCOCC1. The van der Waals surface area contributed by atoms with E-state index in [1.165, 1.54) is 16.9 Å². The van der Waals surface area contributed by atoms with Gasteiger partial charge in [0.15, 0.2) is 11.6 Å². The predicted molar refractivity (Wildman–Crippen MR) is 152 cm³/mol. The lowest BCUT2D eigenvalue weighted by atomic mass is 10.1. The third-order valence-electron chi connectivity index (χ3n) is 7.10. The lowest BCUT2D eigenvalue weighted by molar-refractivity contribution is 0.0641. The topological polar surface area (TPSA) is 98.4 Å². The fourth-order valence-corrected chi connectivity index (χ4v) is 4.90. The highest BCUT2D eigenvalue weighted by Crippen LogP contribution is 2.30. The van der Waals surface area contributed by atoms with Crippen LogP contribution in [0.4, 0.5) is 10.2 Å². The van der Waals surface area contributed by atoms with Gasteiger partial charge < -0.3 is 25.1 Å². The van der Waals surface area contributed by atoms with Gasteiger partial charge >= 0.3 is 0 Å². The zero-order valence-corrected chi connectivity index (χ0v) is 22.0. The van der Waals surface area contributed by atoms with E-state index >= 15 is 0 Å². The number of aromatic nitrogens is 3. The van der Waals surface area contributed by atoms with Crippen LogP contribution in [0, 0.1) is 12.7 Å². The number of rotatable bonds is 7. The summed E-state index contributed by atoms with van der Waals surface area (Å²) in [6.07, 6.45) is 1.47. The number of H-pyrrole nitrogens is 1. The van der Waals surface area contributed by atoms with E-state index < -0.39 is 5.82 Å². The predicted octanol–water partition coefficient (Wildman–Crippen LogP) is 5.71. The number of fused-ring (bicyclic) bond motifs is 1. The number of carbonyl (C=O) groups is 1. The number of aromatic amines is 1. The molecule has 0 saturated carbocycles. The van der Waals surface area contributed by atoms with E-state index in [9.17, 15) is 9.18 Å². The highest BCUT2D eigenvalue weighted by Gasteiger charge is 2.21. The zero-order chi connectivity index (χ0) is 27.8. The molecular formula is C31H28FN5O3. The Morgan fingerprint density at radius 2 is 1.90 bits per heavy atom. The standard InChI is InChI=1S/C31H28FN5O3/c1-19-15-23(40-29-6-4-3-5-25(29)32)8-10-28(19)37-31(33)24(18-34-37)30(38)27-17-22-16-21(7-9-26(22)35-27)20(2)36-11-13-39-14-12-36/h3-10,15-18,35H,2,11-14,33H2,1H3. The van der Waals surface area contributed by atoms with Gasteiger partial charge in [0.25, 0.3) is 0 Å². The van der Waals surface area contributed by atoms with Crippen molar-refractivity contribution in [3.05, 3.63) is 108 Å². The van der Waals surface area contributed by atoms with E-state index in [1.54, 1.807) is 36.4 Å². The molecule has 0 amide bonds. The monoisotopic (exact) mass is 537 g/mol. The molecule has 0 aliphatic carbocycles. The smallest absolute Gasteiger partial charge is 0.214 e. The van der Waals surface area contributed by atoms with Crippen LogP contribution in [0.2, 0.25) is 0 Å². The van der Waals surface area contributed by atoms with Crippen molar-refractivity contribution in [2.24, 2.45) is 0 Å². The molecule has 202 valence electrons. The second kappa shape index (κ2) is 10.3. The van der Waals surface area contributed by atoms with E-state index in [1.807, 2.05) is 31.2 Å². The number of ketones is 1. The lowest BCUT2D eigenvalue weighted by Crippen LogP contribution is -2.34. The van der Waals surface area contributed by atoms with Gasteiger partial charge in [0, 0.05) is 29.7 Å². The van der Waals surface area contributed by atoms with Gasteiger partial charge in [-0.05, 0) is 66.6 Å². The van der Waals surface area contributed by atoms with Gasteiger partial charge in [0.05, 0.1) is 36.4 Å². The summed E-state index contributed by atoms with van der Waals surface area (Å²) >= 11 is 0. The number of carbonyl (C=O) groups excluding carboxylic acids is 1. The first kappa shape index (κ1) is 25.4. The summed E-state index contributed by atoms with van der Waals surface area (Å²) in [5.74, 6) is 0.125. The Hall–Kier alpha value is -4.89. The van der Waals surface area contributed by atoms with E-state index in [-0.39, 0.29) is 22.9 Å². The van der Waals surface area contributed by atoms with Crippen LogP contribution >= 0.6 is 0 Å². The zero-order valence-electron chi connectivity index (χ0n) is 22.0. The van der Waals surface area contributed by atoms with E-state index in [0.717, 1.165) is 40.8 Å². The van der Waals surface area contributed by atoms with Crippen LogP contribution in [-0.4, -0.2) is 51.8 Å². The molecule has 0 unspecified atom stereocenters. The molecule has 3 heterocycles. The molecule has 0 radical (unpaired) electrons. The number of halogens is 1. The number of benzene rings is 3. The van der Waals surface area contributed by atoms with Crippen LogP contribution < -0.4 is 10.5 Å². The molecule has 1 fully saturated rings. The Kier molecular flexibility index (Phi) is 6.57. The maximum Gasteiger partial charge on any atom is 0.214 e. The van der Waals surface area contributed by atoms with Gasteiger partial charge in [0.2, 0.25) is 5.78 Å². The Morgan fingerprint density at radius 1 is 1.10 bits per heavy atom. The molecule has 5 aromatic rings. The normalized spacial score (nSPS) is 13.5. The molecular weight excluding hydrogens is 509 g/mol. The molecule has 0 atom stereocenters. The first-order valence-corrected chi connectivity index (χ1v) is 13.0. The van der Waals surface area contributed by atoms with Gasteiger partial charge in [0.1, 0.15) is 11.6 Å². The van der Waals surface area contributed by atoms with Crippen molar-refractivity contribution >= 4 is 28.2 Å². The third kappa shape index (κ3) is 4.71. The quantitative estimate of drug-likeness (QED) is 0.258. The summed E-state index contributed by atoms with van der Waals surface area (Å²) in [4.78, 5) is 18.9. The number of nitrogens with zero attached hydrogens (tertiary/aromatic N) is 3. The molecule has 1 aliphatic rings. The molecule has 0 bridgehead atoms. The molecule has 0 spiro atoms. The van der Waals surface area contributed by atoms with Crippen LogP contribution in [-0.2, 0) is 4.74 Å². The van der Waals surface area contributed by atoms with Crippen LogP contribution in [0.25, 0.3) is 22.3 Å². The van der Waals surface area contributed by atoms with Crippen LogP contribution in [0.15, 0.2) is 79.5 Å². The summed E-state index contributed by atoms with van der Waals surface area (Å²) in [5.41, 5.74) is 11.4. The highest BCUT2D eigenvalue weighted by atomic mass is 19.1. The van der Waals surface area contributed by atoms with Crippen molar-refractivity contribution in [3.63, 3.8) is 0 Å². The molecule has 1 saturated heterocycles. The number of para-hydroxylation sites is 1. The highest BCUT2D eigenvalue weighted by molar-refractivity contribution is 6.12. The second-order valence-electron chi connectivity index (χ2n) is 9.70. The molecule has 3 aromatic carbocycles. The number of aryl methyl sites for hydroxylation is 1. The molecule has 40 heavy (non-hydrogen) atoms. The van der Waals surface area contributed by atoms with Gasteiger partial charge in [-0.2, -0.15) is 5.10 Å². The molecule has 3 N–H and O–H groups in total. The maximum absolute atomic E-state index is 14.0. The van der Waals surface area contributed by atoms with Gasteiger partial charge in [-0.1, -0.05) is 24.8 Å². The van der Waals surface area contributed by atoms with E-state index in [0.29, 0.717) is 30.3 Å². The average molecular weight is 538 g/mol. The Balaban J connectivity index is 1.24. The molecule has 6 rings (SSSR count). The minimum atomic E-state index is -0.445. The Morgan fingerprint density at radius 3 is 2.67 bits per heavy atom. The average Bonchev–Trinajstić information content (AvgIpc) is 3.57. The lowest BCUT2D eigenvalue weighted by Gasteiger charge is -2.30. The fraction of sp³-hybridized carbons (Fsp3) is 0.161. The third-order valence-corrected chi connectivity index (χ3v) is 7.10. The van der Waals surface area contributed by atoms with E-state index in [4.69, 9.17) is 15.2 Å². The van der Waals surface area contributed by atoms with Crippen LogP contribution in [0.3, 0.4) is 0 Å². The number of ether oxygens (including phenoxy) is 2. The van der Waals surface area contributed by atoms with Gasteiger partial charge in [-0.15, -0.1) is 0 Å². The molecule has 1 aliphatic heterocycles. The van der Waals surface area contributed by atoms with Crippen molar-refractivity contribution in [2.75, 3.05) is 32.0 Å². The first-order chi connectivity index (χ1) is 19.4. The maximum atomic E-state index is 14.0. The van der Waals surface area contributed by atoms with Crippen molar-refractivity contribution in [3.8, 4) is 17.2 Å².